The number of halogens is 3. The number of aliphatic carboxylic acids is 1. The molecule has 0 aromatic carbocycles. The van der Waals surface area contributed by atoms with Gasteiger partial charge in [0.1, 0.15) is 5.82 Å². The number of aromatic nitrogens is 4. The van der Waals surface area contributed by atoms with Crippen LogP contribution in [0.3, 0.4) is 0 Å². The van der Waals surface area contributed by atoms with Crippen LogP contribution in [0.1, 0.15) is 25.7 Å². The molecule has 2 bridgehead atoms. The molecule has 0 unspecified atom stereocenters. The van der Waals surface area contributed by atoms with E-state index in [1.165, 1.54) is 15.2 Å². The predicted molar refractivity (Wildman–Crippen MR) is 122 cm³/mol. The van der Waals surface area contributed by atoms with Crippen LogP contribution < -0.4 is 5.32 Å². The highest BCUT2D eigenvalue weighted by Gasteiger charge is 2.47. The molecule has 0 saturated heterocycles. The highest BCUT2D eigenvalue weighted by atomic mass is 127. The van der Waals surface area contributed by atoms with Gasteiger partial charge in [-0.05, 0) is 43.6 Å². The van der Waals surface area contributed by atoms with Gasteiger partial charge in [-0.1, -0.05) is 0 Å². The lowest BCUT2D eigenvalue weighted by Gasteiger charge is -2.47. The predicted octanol–water partition coefficient (Wildman–Crippen LogP) is 4.92. The zero-order valence-electron chi connectivity index (χ0n) is 16.1. The van der Waals surface area contributed by atoms with Crippen molar-refractivity contribution >= 4 is 53.1 Å². The van der Waals surface area contributed by atoms with Gasteiger partial charge in [0, 0.05) is 53.5 Å². The summed E-state index contributed by atoms with van der Waals surface area (Å²) in [7, 11) is 1.36. The summed E-state index contributed by atoms with van der Waals surface area (Å²) in [6.07, 6.45) is 7.57. The van der Waals surface area contributed by atoms with Crippen LogP contribution in [-0.4, -0.2) is 36.0 Å². The fourth-order valence-corrected chi connectivity index (χ4v) is 6.31. The number of fused-ring (bicyclic) bond motifs is 4. The Hall–Kier alpha value is -2.02. The molecule has 0 amide bonds. The quantitative estimate of drug-likeness (QED) is 0.431. The summed E-state index contributed by atoms with van der Waals surface area (Å²) in [6.45, 7) is 0. The zero-order valence-corrected chi connectivity index (χ0v) is 19.1. The first-order chi connectivity index (χ1) is 15.0. The molecule has 0 radical (unpaired) electrons. The molecule has 3 saturated carbocycles. The highest BCUT2D eigenvalue weighted by Crippen LogP contribution is 2.46. The number of nitrogens with one attached hydrogen (secondary N) is 1. The van der Waals surface area contributed by atoms with Crippen molar-refractivity contribution in [3.8, 4) is 11.4 Å². The minimum Gasteiger partial charge on any atom is -0.481 e. The van der Waals surface area contributed by atoms with Gasteiger partial charge in [0.2, 0.25) is 0 Å². The molecular formula is C20H18F2IN5O2S. The number of pyridine rings is 1. The normalized spacial score (nSPS) is 25.1. The zero-order chi connectivity index (χ0) is 21.7. The van der Waals surface area contributed by atoms with Crippen LogP contribution >= 0.6 is 30.3 Å². The third-order valence-corrected chi connectivity index (χ3v) is 8.15. The second-order valence-corrected chi connectivity index (χ2v) is 9.77. The molecule has 7 nitrogen and oxygen atoms in total. The maximum absolute atomic E-state index is 14.6. The second-order valence-electron chi connectivity index (χ2n) is 8.06. The van der Waals surface area contributed by atoms with E-state index in [1.807, 2.05) is 0 Å². The van der Waals surface area contributed by atoms with Gasteiger partial charge in [-0.15, -0.1) is 0 Å². The van der Waals surface area contributed by atoms with E-state index < -0.39 is 23.5 Å². The molecule has 3 aliphatic carbocycles. The standard InChI is InChI=1S/C20H18F2IN5O2S/c21-11-5-12-13(8-28(31-23)19(12)25-6-11)17-24-7-14(22)18(27-17)26-16-10-3-1-9(2-4-10)15(16)20(29)30/h5-10,15-16H,1-4H2,(H,29,30)(H,24,26,27)/t9-,10+,15-,16-/m0/s1. The average Bonchev–Trinajstić information content (AvgIpc) is 3.13. The molecule has 6 rings (SSSR count). The number of anilines is 1. The van der Waals surface area contributed by atoms with Gasteiger partial charge in [-0.25, -0.2) is 23.7 Å². The number of carbonyl (C=O) groups is 1. The van der Waals surface area contributed by atoms with Crippen molar-refractivity contribution in [1.29, 1.82) is 0 Å². The molecule has 3 aromatic rings. The summed E-state index contributed by atoms with van der Waals surface area (Å²) in [5.41, 5.74) is 1.07. The Morgan fingerprint density at radius 3 is 2.65 bits per heavy atom. The van der Waals surface area contributed by atoms with Crippen LogP contribution in [0.15, 0.2) is 24.7 Å². The lowest BCUT2D eigenvalue weighted by Crippen LogP contribution is -2.51. The SMILES string of the molecule is O=C(O)[C@H]1[C@H]2CC[C@H](CC2)[C@@H]1Nc1nc(-c2cn(SI)c3ncc(F)cc23)ncc1F. The lowest BCUT2D eigenvalue weighted by atomic mass is 9.61. The van der Waals surface area contributed by atoms with Crippen molar-refractivity contribution in [2.24, 2.45) is 17.8 Å². The van der Waals surface area contributed by atoms with Crippen molar-refractivity contribution in [3.05, 3.63) is 36.3 Å². The Bertz CT molecular complexity index is 1170. The number of hydrogen-bond donors (Lipinski definition) is 2. The molecule has 0 spiro atoms. The third kappa shape index (κ3) is 3.65. The molecule has 3 heterocycles. The average molecular weight is 557 g/mol. The molecule has 2 N–H and O–H groups in total. The first kappa shape index (κ1) is 20.9. The minimum atomic E-state index is -0.856. The van der Waals surface area contributed by atoms with Crippen LogP contribution in [0.4, 0.5) is 14.6 Å². The molecule has 3 aliphatic rings. The third-order valence-electron chi connectivity index (χ3n) is 6.45. The smallest absolute Gasteiger partial charge is 0.308 e. The minimum absolute atomic E-state index is 0.0267. The maximum Gasteiger partial charge on any atom is 0.308 e. The Morgan fingerprint density at radius 1 is 1.19 bits per heavy atom. The van der Waals surface area contributed by atoms with Crippen LogP contribution in [0, 0.1) is 29.4 Å². The van der Waals surface area contributed by atoms with Crippen molar-refractivity contribution in [2.75, 3.05) is 5.32 Å². The first-order valence-corrected chi connectivity index (χ1v) is 13.3. The Morgan fingerprint density at radius 2 is 1.94 bits per heavy atom. The van der Waals surface area contributed by atoms with E-state index in [0.29, 0.717) is 16.6 Å². The van der Waals surface area contributed by atoms with Crippen molar-refractivity contribution in [3.63, 3.8) is 0 Å². The van der Waals surface area contributed by atoms with Crippen LogP contribution in [0.2, 0.25) is 0 Å². The largest absolute Gasteiger partial charge is 0.481 e. The van der Waals surface area contributed by atoms with Gasteiger partial charge in [-0.3, -0.25) is 8.77 Å². The summed E-state index contributed by atoms with van der Waals surface area (Å²) in [4.78, 5) is 24.5. The van der Waals surface area contributed by atoms with E-state index in [2.05, 4.69) is 41.5 Å². The highest BCUT2D eigenvalue weighted by molar-refractivity contribution is 14.2. The van der Waals surface area contributed by atoms with E-state index >= 15 is 0 Å². The van der Waals surface area contributed by atoms with Crippen LogP contribution in [0.5, 0.6) is 0 Å². The van der Waals surface area contributed by atoms with Gasteiger partial charge in [0.25, 0.3) is 0 Å². The fraction of sp³-hybridized carbons (Fsp3) is 0.400. The van der Waals surface area contributed by atoms with E-state index in [1.54, 1.807) is 10.2 Å². The molecule has 3 fully saturated rings. The first-order valence-electron chi connectivity index (χ1n) is 9.94. The summed E-state index contributed by atoms with van der Waals surface area (Å²) < 4.78 is 30.3. The van der Waals surface area contributed by atoms with Crippen LogP contribution in [-0.2, 0) is 4.79 Å². The Labute approximate surface area is 192 Å². The molecule has 2 atom stereocenters. The number of nitrogens with zero attached hydrogens (tertiary/aromatic N) is 4. The monoisotopic (exact) mass is 557 g/mol. The summed E-state index contributed by atoms with van der Waals surface area (Å²) >= 11 is 2.09. The Kier molecular flexibility index (Phi) is 5.49. The molecular weight excluding hydrogens is 539 g/mol. The van der Waals surface area contributed by atoms with Crippen molar-refractivity contribution in [1.82, 2.24) is 18.9 Å². The van der Waals surface area contributed by atoms with Gasteiger partial charge < -0.3 is 10.4 Å². The van der Waals surface area contributed by atoms with E-state index in [4.69, 9.17) is 0 Å². The number of rotatable bonds is 5. The lowest BCUT2D eigenvalue weighted by molar-refractivity contribution is -0.148. The maximum atomic E-state index is 14.6. The summed E-state index contributed by atoms with van der Waals surface area (Å²) in [6, 6.07) is 0.967. The summed E-state index contributed by atoms with van der Waals surface area (Å²) in [5.74, 6) is -2.11. The molecule has 0 aliphatic heterocycles. The van der Waals surface area contributed by atoms with Crippen LogP contribution in [0.25, 0.3) is 22.4 Å². The molecule has 3 aromatic heterocycles. The number of carboxylic acids is 1. The second kappa shape index (κ2) is 8.15. The van der Waals surface area contributed by atoms with E-state index in [-0.39, 0.29) is 29.5 Å². The fourth-order valence-electron chi connectivity index (χ4n) is 5.05. The summed E-state index contributed by atoms with van der Waals surface area (Å²) in [5, 5.41) is 13.4. The van der Waals surface area contributed by atoms with Gasteiger partial charge in [0.05, 0.1) is 18.3 Å². The molecule has 31 heavy (non-hydrogen) atoms. The molecule has 162 valence electrons. The van der Waals surface area contributed by atoms with Gasteiger partial charge >= 0.3 is 5.97 Å². The van der Waals surface area contributed by atoms with E-state index in [9.17, 15) is 18.7 Å². The number of hydrogen-bond acceptors (Lipinski definition) is 6. The van der Waals surface area contributed by atoms with Gasteiger partial charge in [0.15, 0.2) is 23.1 Å². The molecule has 11 heteroatoms. The number of carboxylic acid groups (broad SMARTS) is 1. The van der Waals surface area contributed by atoms with Crippen molar-refractivity contribution < 1.29 is 18.7 Å². The topological polar surface area (TPSA) is 92.9 Å². The van der Waals surface area contributed by atoms with Gasteiger partial charge in [-0.2, -0.15) is 0 Å². The van der Waals surface area contributed by atoms with Crippen molar-refractivity contribution in [2.45, 2.75) is 31.7 Å². The van der Waals surface area contributed by atoms with E-state index in [0.717, 1.165) is 38.1 Å². The Balaban J connectivity index is 1.54.